The molecule has 7 heteroatoms. The van der Waals surface area contributed by atoms with Crippen molar-refractivity contribution in [2.45, 2.75) is 69.1 Å². The topological polar surface area (TPSA) is 58.1 Å². The lowest BCUT2D eigenvalue weighted by molar-refractivity contribution is -0.0855. The van der Waals surface area contributed by atoms with E-state index in [0.29, 0.717) is 6.04 Å². The predicted molar refractivity (Wildman–Crippen MR) is 117 cm³/mol. The van der Waals surface area contributed by atoms with E-state index in [9.17, 15) is 0 Å². The van der Waals surface area contributed by atoms with Gasteiger partial charge in [-0.2, -0.15) is 0 Å². The number of hydrogen-bond acceptors (Lipinski definition) is 4. The number of guanidine groups is 1. The summed E-state index contributed by atoms with van der Waals surface area (Å²) in [6.45, 7) is 4.78. The van der Waals surface area contributed by atoms with Crippen molar-refractivity contribution >= 4 is 29.9 Å². The van der Waals surface area contributed by atoms with Crippen LogP contribution in [0.15, 0.2) is 4.99 Å². The molecule has 3 aliphatic rings. The van der Waals surface area contributed by atoms with Crippen LogP contribution in [0.25, 0.3) is 0 Å². The van der Waals surface area contributed by atoms with E-state index in [1.54, 1.807) is 0 Å². The van der Waals surface area contributed by atoms with Crippen molar-refractivity contribution < 1.29 is 9.47 Å². The molecule has 0 aromatic rings. The van der Waals surface area contributed by atoms with E-state index < -0.39 is 0 Å². The number of ether oxygens (including phenoxy) is 2. The van der Waals surface area contributed by atoms with Gasteiger partial charge in [0.2, 0.25) is 0 Å². The summed E-state index contributed by atoms with van der Waals surface area (Å²) in [6.07, 6.45) is 9.95. The molecule has 0 radical (unpaired) electrons. The van der Waals surface area contributed by atoms with E-state index in [1.165, 1.54) is 51.6 Å². The number of aliphatic imine (C=N–C) groups is 1. The molecule has 1 saturated carbocycles. The number of nitrogens with one attached hydrogen (secondary N) is 2. The van der Waals surface area contributed by atoms with Crippen molar-refractivity contribution in [3.63, 3.8) is 0 Å². The van der Waals surface area contributed by atoms with Gasteiger partial charge in [-0.3, -0.25) is 4.99 Å². The molecule has 0 atom stereocenters. The molecule has 0 spiro atoms. The summed E-state index contributed by atoms with van der Waals surface area (Å²) >= 11 is 0. The number of halogens is 1. The van der Waals surface area contributed by atoms with Gasteiger partial charge in [0.15, 0.2) is 5.96 Å². The highest BCUT2D eigenvalue weighted by atomic mass is 127. The smallest absolute Gasteiger partial charge is 0.191 e. The van der Waals surface area contributed by atoms with Crippen LogP contribution < -0.4 is 10.6 Å². The SMILES string of the molecule is CN=C(NCC1(OC)CCOCC1)NC1CCN(C2CCCC2)CC1.I. The minimum absolute atomic E-state index is 0. The van der Waals surface area contributed by atoms with Crippen LogP contribution in [0.4, 0.5) is 0 Å². The second kappa shape index (κ2) is 11.0. The minimum atomic E-state index is -0.123. The third-order valence-corrected chi connectivity index (χ3v) is 6.35. The highest BCUT2D eigenvalue weighted by Gasteiger charge is 2.33. The number of hydrogen-bond donors (Lipinski definition) is 2. The van der Waals surface area contributed by atoms with Crippen molar-refractivity contribution in [3.05, 3.63) is 0 Å². The zero-order chi connectivity index (χ0) is 17.5. The molecule has 1 aliphatic carbocycles. The largest absolute Gasteiger partial charge is 0.381 e. The fourth-order valence-corrected chi connectivity index (χ4v) is 4.51. The van der Waals surface area contributed by atoms with Crippen molar-refractivity contribution in [3.8, 4) is 0 Å². The number of likely N-dealkylation sites (tertiary alicyclic amines) is 1. The Morgan fingerprint density at radius 3 is 2.38 bits per heavy atom. The zero-order valence-corrected chi connectivity index (χ0v) is 18.8. The average molecular weight is 480 g/mol. The average Bonchev–Trinajstić information content (AvgIpc) is 3.21. The lowest BCUT2D eigenvalue weighted by atomic mass is 9.94. The second-order valence-electron chi connectivity index (χ2n) is 7.82. The standard InChI is InChI=1S/C19H36N4O2.HI/c1-20-18(21-15-19(24-2)9-13-25-14-10-19)22-16-7-11-23(12-8-16)17-5-3-4-6-17;/h16-17H,3-15H2,1-2H3,(H2,20,21,22);1H. The van der Waals surface area contributed by atoms with Gasteiger partial charge in [-0.05, 0) is 25.7 Å². The molecule has 152 valence electrons. The number of piperidine rings is 1. The van der Waals surface area contributed by atoms with Gasteiger partial charge in [0.05, 0.1) is 5.60 Å². The van der Waals surface area contributed by atoms with Crippen LogP contribution in [-0.2, 0) is 9.47 Å². The van der Waals surface area contributed by atoms with Gasteiger partial charge in [-0.25, -0.2) is 0 Å². The number of rotatable bonds is 5. The first-order chi connectivity index (χ1) is 12.2. The molecule has 3 fully saturated rings. The zero-order valence-electron chi connectivity index (χ0n) is 16.5. The van der Waals surface area contributed by atoms with Crippen LogP contribution in [0.3, 0.4) is 0 Å². The lowest BCUT2D eigenvalue weighted by Gasteiger charge is -2.38. The third kappa shape index (κ3) is 5.94. The van der Waals surface area contributed by atoms with Crippen LogP contribution in [0.5, 0.6) is 0 Å². The fraction of sp³-hybridized carbons (Fsp3) is 0.947. The molecule has 0 bridgehead atoms. The molecule has 0 aromatic heterocycles. The van der Waals surface area contributed by atoms with E-state index in [2.05, 4.69) is 20.5 Å². The first-order valence-corrected chi connectivity index (χ1v) is 10.1. The van der Waals surface area contributed by atoms with Gasteiger partial charge >= 0.3 is 0 Å². The lowest BCUT2D eigenvalue weighted by Crippen LogP contribution is -2.54. The summed E-state index contributed by atoms with van der Waals surface area (Å²) < 4.78 is 11.3. The van der Waals surface area contributed by atoms with Gasteiger partial charge < -0.3 is 25.0 Å². The van der Waals surface area contributed by atoms with E-state index in [1.807, 2.05) is 14.2 Å². The summed E-state index contributed by atoms with van der Waals surface area (Å²) in [7, 11) is 3.66. The molecule has 2 aliphatic heterocycles. The van der Waals surface area contributed by atoms with Gasteiger partial charge in [-0.15, -0.1) is 24.0 Å². The Kier molecular flexibility index (Phi) is 9.40. The molecule has 2 saturated heterocycles. The van der Waals surface area contributed by atoms with E-state index in [-0.39, 0.29) is 29.6 Å². The Morgan fingerprint density at radius 2 is 1.81 bits per heavy atom. The van der Waals surface area contributed by atoms with Crippen LogP contribution >= 0.6 is 24.0 Å². The second-order valence-corrected chi connectivity index (χ2v) is 7.82. The Hall–Kier alpha value is -0.120. The molecule has 26 heavy (non-hydrogen) atoms. The van der Waals surface area contributed by atoms with Crippen molar-refractivity contribution in [2.75, 3.05) is 47.0 Å². The minimum Gasteiger partial charge on any atom is -0.381 e. The Balaban J connectivity index is 0.00000243. The summed E-state index contributed by atoms with van der Waals surface area (Å²) in [6, 6.07) is 1.38. The molecule has 0 aromatic carbocycles. The van der Waals surface area contributed by atoms with Gasteiger partial charge in [0.1, 0.15) is 0 Å². The normalized spacial score (nSPS) is 25.7. The predicted octanol–water partition coefficient (Wildman–Crippen LogP) is 2.37. The van der Waals surface area contributed by atoms with Crippen LogP contribution in [-0.4, -0.2) is 75.5 Å². The fourth-order valence-electron chi connectivity index (χ4n) is 4.51. The highest BCUT2D eigenvalue weighted by molar-refractivity contribution is 14.0. The van der Waals surface area contributed by atoms with Crippen LogP contribution in [0, 0.1) is 0 Å². The monoisotopic (exact) mass is 480 g/mol. The first-order valence-electron chi connectivity index (χ1n) is 10.1. The van der Waals surface area contributed by atoms with Crippen LogP contribution in [0.1, 0.15) is 51.4 Å². The van der Waals surface area contributed by atoms with Crippen LogP contribution in [0.2, 0.25) is 0 Å². The summed E-state index contributed by atoms with van der Waals surface area (Å²) in [5, 5.41) is 7.11. The van der Waals surface area contributed by atoms with Crippen molar-refractivity contribution in [1.29, 1.82) is 0 Å². The molecule has 2 heterocycles. The quantitative estimate of drug-likeness (QED) is 0.360. The first kappa shape index (κ1) is 22.2. The maximum absolute atomic E-state index is 5.80. The summed E-state index contributed by atoms with van der Waals surface area (Å²) in [5.41, 5.74) is -0.123. The van der Waals surface area contributed by atoms with E-state index in [0.717, 1.165) is 44.6 Å². The van der Waals surface area contributed by atoms with E-state index in [4.69, 9.17) is 9.47 Å². The molecular weight excluding hydrogens is 443 g/mol. The molecular formula is C19H37IN4O2. The third-order valence-electron chi connectivity index (χ3n) is 6.35. The summed E-state index contributed by atoms with van der Waals surface area (Å²) in [4.78, 5) is 7.13. The molecule has 0 unspecified atom stereocenters. The van der Waals surface area contributed by atoms with Crippen molar-refractivity contribution in [1.82, 2.24) is 15.5 Å². The maximum Gasteiger partial charge on any atom is 0.191 e. The Morgan fingerprint density at radius 1 is 1.15 bits per heavy atom. The molecule has 3 rings (SSSR count). The van der Waals surface area contributed by atoms with Crippen molar-refractivity contribution in [2.24, 2.45) is 4.99 Å². The summed E-state index contributed by atoms with van der Waals surface area (Å²) in [5.74, 6) is 0.905. The molecule has 0 amide bonds. The Bertz CT molecular complexity index is 429. The van der Waals surface area contributed by atoms with Gasteiger partial charge in [0.25, 0.3) is 0 Å². The Labute approximate surface area is 175 Å². The van der Waals surface area contributed by atoms with Gasteiger partial charge in [-0.1, -0.05) is 12.8 Å². The molecule has 6 nitrogen and oxygen atoms in total. The van der Waals surface area contributed by atoms with E-state index >= 15 is 0 Å². The van der Waals surface area contributed by atoms with Gasteiger partial charge in [0, 0.05) is 71.9 Å². The molecule has 2 N–H and O–H groups in total. The maximum atomic E-state index is 5.80. The number of nitrogens with zero attached hydrogens (tertiary/aromatic N) is 2. The number of methoxy groups -OCH3 is 1. The highest BCUT2D eigenvalue weighted by Crippen LogP contribution is 2.26.